The monoisotopic (exact) mass is 616 g/mol. The number of hydrogen-bond donors (Lipinski definition) is 1. The highest BCUT2D eigenvalue weighted by Gasteiger charge is 2.45. The van der Waals surface area contributed by atoms with E-state index < -0.39 is 28.3 Å². The SMILES string of the molecule is N#CC1(NC(=O)C2CCCCC2)CC1.O=S1CCN(c2ccc(-c3cnc(-c4ccnc(C(F)(F)F)n4)s3)cc2)CC1. The first-order chi connectivity index (χ1) is 20.2. The molecule has 0 radical (unpaired) electrons. The first-order valence-corrected chi connectivity index (χ1v) is 16.3. The number of alkyl halides is 3. The van der Waals surface area contributed by atoms with E-state index in [-0.39, 0.29) is 17.5 Å². The van der Waals surface area contributed by atoms with Crippen LogP contribution >= 0.6 is 11.3 Å². The Labute approximate surface area is 248 Å². The van der Waals surface area contributed by atoms with Crippen LogP contribution in [0.25, 0.3) is 21.1 Å². The van der Waals surface area contributed by atoms with Crippen LogP contribution < -0.4 is 10.2 Å². The van der Waals surface area contributed by atoms with Crippen LogP contribution in [-0.2, 0) is 21.8 Å². The summed E-state index contributed by atoms with van der Waals surface area (Å²) in [7, 11) is -0.721. The number of carbonyl (C=O) groups excluding carboxylic acids is 1. The highest BCUT2D eigenvalue weighted by molar-refractivity contribution is 7.85. The van der Waals surface area contributed by atoms with E-state index in [1.54, 1.807) is 6.20 Å². The number of aromatic nitrogens is 3. The van der Waals surface area contributed by atoms with E-state index in [9.17, 15) is 22.2 Å². The fourth-order valence-electron chi connectivity index (χ4n) is 4.97. The molecule has 1 amide bonds. The number of benzene rings is 1. The summed E-state index contributed by atoms with van der Waals surface area (Å²) >= 11 is 1.28. The van der Waals surface area contributed by atoms with Crippen molar-refractivity contribution in [3.05, 3.63) is 48.5 Å². The highest BCUT2D eigenvalue weighted by atomic mass is 32.2. The van der Waals surface area contributed by atoms with Crippen LogP contribution in [0.3, 0.4) is 0 Å². The van der Waals surface area contributed by atoms with Crippen molar-refractivity contribution in [3.8, 4) is 27.2 Å². The van der Waals surface area contributed by atoms with Crippen molar-refractivity contribution in [2.75, 3.05) is 29.5 Å². The molecule has 13 heteroatoms. The van der Waals surface area contributed by atoms with Gasteiger partial charge in [0.05, 0.1) is 10.9 Å². The molecular formula is C29H31F3N6O2S2. The summed E-state index contributed by atoms with van der Waals surface area (Å²) < 4.78 is 49.9. The van der Waals surface area contributed by atoms with E-state index in [1.807, 2.05) is 24.3 Å². The molecule has 2 saturated carbocycles. The Kier molecular flexibility index (Phi) is 9.22. The summed E-state index contributed by atoms with van der Waals surface area (Å²) in [5.41, 5.74) is 1.67. The Morgan fingerprint density at radius 1 is 1.07 bits per heavy atom. The molecule has 2 aromatic heterocycles. The zero-order valence-corrected chi connectivity index (χ0v) is 24.5. The van der Waals surface area contributed by atoms with Crippen molar-refractivity contribution in [3.63, 3.8) is 0 Å². The third-order valence-corrected chi connectivity index (χ3v) is 9.98. The van der Waals surface area contributed by atoms with Crippen LogP contribution in [0, 0.1) is 17.2 Å². The smallest absolute Gasteiger partial charge is 0.370 e. The average molecular weight is 617 g/mol. The summed E-state index contributed by atoms with van der Waals surface area (Å²) in [4.78, 5) is 25.9. The molecule has 3 fully saturated rings. The second kappa shape index (κ2) is 12.9. The van der Waals surface area contributed by atoms with Gasteiger partial charge in [0.1, 0.15) is 16.2 Å². The van der Waals surface area contributed by atoms with E-state index in [2.05, 4.69) is 31.2 Å². The Morgan fingerprint density at radius 2 is 1.76 bits per heavy atom. The predicted octanol–water partition coefficient (Wildman–Crippen LogP) is 5.59. The molecule has 0 atom stereocenters. The first-order valence-electron chi connectivity index (χ1n) is 14.0. The molecule has 3 aromatic rings. The molecule has 2 aliphatic carbocycles. The third kappa shape index (κ3) is 7.52. The number of hydrogen-bond acceptors (Lipinski definition) is 8. The van der Waals surface area contributed by atoms with Crippen LogP contribution in [0.15, 0.2) is 42.7 Å². The molecule has 1 N–H and O–H groups in total. The second-order valence-electron chi connectivity index (χ2n) is 10.7. The number of amides is 1. The number of halogens is 3. The Morgan fingerprint density at radius 3 is 2.38 bits per heavy atom. The third-order valence-electron chi connectivity index (χ3n) is 7.63. The predicted molar refractivity (Wildman–Crippen MR) is 156 cm³/mol. The van der Waals surface area contributed by atoms with Gasteiger partial charge in [-0.1, -0.05) is 31.4 Å². The summed E-state index contributed by atoms with van der Waals surface area (Å²) in [6, 6.07) is 11.5. The lowest BCUT2D eigenvalue weighted by Gasteiger charge is -2.28. The first kappa shape index (κ1) is 30.1. The van der Waals surface area contributed by atoms with Crippen molar-refractivity contribution in [1.82, 2.24) is 20.3 Å². The Hall–Kier alpha value is -3.37. The van der Waals surface area contributed by atoms with Crippen LogP contribution in [-0.4, -0.2) is 55.2 Å². The highest BCUT2D eigenvalue weighted by Crippen LogP contribution is 2.36. The van der Waals surface area contributed by atoms with Gasteiger partial charge in [0, 0.05) is 59.4 Å². The zero-order valence-electron chi connectivity index (χ0n) is 22.9. The van der Waals surface area contributed by atoms with Gasteiger partial charge in [-0.25, -0.2) is 15.0 Å². The normalized spacial score (nSPS) is 18.9. The van der Waals surface area contributed by atoms with E-state index in [0.29, 0.717) is 16.5 Å². The van der Waals surface area contributed by atoms with E-state index in [4.69, 9.17) is 5.26 Å². The number of rotatable bonds is 5. The zero-order chi connectivity index (χ0) is 29.7. The van der Waals surface area contributed by atoms with Crippen LogP contribution in [0.4, 0.5) is 18.9 Å². The number of thiazole rings is 1. The Balaban J connectivity index is 0.000000211. The molecule has 3 aliphatic rings. The molecule has 222 valence electrons. The lowest BCUT2D eigenvalue weighted by Crippen LogP contribution is -2.40. The quantitative estimate of drug-likeness (QED) is 0.398. The van der Waals surface area contributed by atoms with Crippen molar-refractivity contribution < 1.29 is 22.2 Å². The maximum absolute atomic E-state index is 12.8. The second-order valence-corrected chi connectivity index (χ2v) is 13.4. The number of nitrogens with zero attached hydrogens (tertiary/aromatic N) is 5. The molecule has 42 heavy (non-hydrogen) atoms. The molecule has 1 saturated heterocycles. The van der Waals surface area contributed by atoms with Crippen LogP contribution in [0.2, 0.25) is 0 Å². The molecule has 1 aromatic carbocycles. The van der Waals surface area contributed by atoms with Gasteiger partial charge < -0.3 is 10.2 Å². The van der Waals surface area contributed by atoms with E-state index in [0.717, 1.165) is 73.9 Å². The largest absolute Gasteiger partial charge is 0.451 e. The van der Waals surface area contributed by atoms with E-state index >= 15 is 0 Å². The minimum Gasteiger partial charge on any atom is -0.370 e. The number of nitriles is 1. The van der Waals surface area contributed by atoms with Crippen molar-refractivity contribution >= 4 is 33.7 Å². The molecule has 0 unspecified atom stereocenters. The maximum Gasteiger partial charge on any atom is 0.451 e. The van der Waals surface area contributed by atoms with Gasteiger partial charge in [0.2, 0.25) is 11.7 Å². The van der Waals surface area contributed by atoms with Gasteiger partial charge in [0.25, 0.3) is 0 Å². The molecule has 3 heterocycles. The number of anilines is 1. The molecule has 0 spiro atoms. The molecule has 1 aliphatic heterocycles. The fraction of sp³-hybridized carbons (Fsp3) is 0.483. The average Bonchev–Trinajstić information content (AvgIpc) is 3.60. The van der Waals surface area contributed by atoms with Gasteiger partial charge >= 0.3 is 6.18 Å². The molecule has 8 nitrogen and oxygen atoms in total. The van der Waals surface area contributed by atoms with Crippen LogP contribution in [0.1, 0.15) is 50.8 Å². The van der Waals surface area contributed by atoms with Gasteiger partial charge in [0.15, 0.2) is 0 Å². The topological polar surface area (TPSA) is 112 Å². The standard InChI is InChI=1S/C18H15F3N4OS2.C11H16N2O/c19-18(20,21)17-22-6-5-14(24-17)16-23-11-15(27-16)12-1-3-13(4-2-12)25-7-9-28(26)10-8-25;12-8-11(6-7-11)13-10(14)9-4-2-1-3-5-9/h1-6,11H,7-10H2;9H,1-7H2,(H,13,14). The minimum absolute atomic E-state index is 0.115. The summed E-state index contributed by atoms with van der Waals surface area (Å²) in [5.74, 6) is 0.476. The van der Waals surface area contributed by atoms with Gasteiger partial charge in [-0.15, -0.1) is 11.3 Å². The fourth-order valence-corrected chi connectivity index (χ4v) is 6.91. The van der Waals surface area contributed by atoms with Gasteiger partial charge in [-0.05, 0) is 49.4 Å². The lowest BCUT2D eigenvalue weighted by atomic mass is 9.88. The van der Waals surface area contributed by atoms with Crippen molar-refractivity contribution in [2.45, 2.75) is 56.7 Å². The lowest BCUT2D eigenvalue weighted by molar-refractivity contribution is -0.144. The Bertz CT molecular complexity index is 1450. The molecule has 0 bridgehead atoms. The summed E-state index contributed by atoms with van der Waals surface area (Å²) in [6.07, 6.45) is 5.40. The van der Waals surface area contributed by atoms with Crippen LogP contribution in [0.5, 0.6) is 0 Å². The van der Waals surface area contributed by atoms with E-state index in [1.165, 1.54) is 23.8 Å². The molecule has 6 rings (SSSR count). The van der Waals surface area contributed by atoms with Gasteiger partial charge in [-0.3, -0.25) is 9.00 Å². The van der Waals surface area contributed by atoms with Crippen molar-refractivity contribution in [2.24, 2.45) is 5.92 Å². The summed E-state index contributed by atoms with van der Waals surface area (Å²) in [5, 5.41) is 12.1. The van der Waals surface area contributed by atoms with Crippen molar-refractivity contribution in [1.29, 1.82) is 5.26 Å². The number of nitrogens with one attached hydrogen (secondary N) is 1. The number of carbonyl (C=O) groups is 1. The van der Waals surface area contributed by atoms with Gasteiger partial charge in [-0.2, -0.15) is 18.4 Å². The maximum atomic E-state index is 12.8. The summed E-state index contributed by atoms with van der Waals surface area (Å²) in [6.45, 7) is 1.54. The minimum atomic E-state index is -4.59. The molecular weight excluding hydrogens is 585 g/mol.